The number of amides is 1. The molecule has 1 heterocycles. The van der Waals surface area contributed by atoms with Crippen molar-refractivity contribution in [2.24, 2.45) is 0 Å². The fraction of sp³-hybridized carbons (Fsp3) is 0.500. The summed E-state index contributed by atoms with van der Waals surface area (Å²) >= 11 is 0. The lowest BCUT2D eigenvalue weighted by molar-refractivity contribution is -0.118. The fourth-order valence-electron chi connectivity index (χ4n) is 2.29. The molecule has 0 spiro atoms. The van der Waals surface area contributed by atoms with Crippen LogP contribution in [-0.4, -0.2) is 25.6 Å². The van der Waals surface area contributed by atoms with Crippen LogP contribution in [0.2, 0.25) is 0 Å². The Kier molecular flexibility index (Phi) is 3.83. The summed E-state index contributed by atoms with van der Waals surface area (Å²) in [5, 5.41) is 2.81. The van der Waals surface area contributed by atoms with E-state index in [-0.39, 0.29) is 12.5 Å². The van der Waals surface area contributed by atoms with Crippen LogP contribution < -0.4 is 20.7 Å². The molecule has 1 aromatic carbocycles. The Morgan fingerprint density at radius 2 is 2.26 bits per heavy atom. The standard InChI is InChI=1S/C14H21N3O2/c1-4-5-9(2)17(3)12-7-11-13(6-10(12)15)19-8-14(18)16-11/h6-7,9H,4-5,8,15H2,1-3H3,(H,16,18). The van der Waals surface area contributed by atoms with Crippen LogP contribution >= 0.6 is 0 Å². The van der Waals surface area contributed by atoms with Crippen molar-refractivity contribution in [2.45, 2.75) is 32.7 Å². The van der Waals surface area contributed by atoms with Gasteiger partial charge in [-0.2, -0.15) is 0 Å². The molecule has 1 aromatic rings. The van der Waals surface area contributed by atoms with Crippen LogP contribution in [0.1, 0.15) is 26.7 Å². The fourth-order valence-corrected chi connectivity index (χ4v) is 2.29. The largest absolute Gasteiger partial charge is 0.482 e. The summed E-state index contributed by atoms with van der Waals surface area (Å²) in [6, 6.07) is 4.05. The number of carbonyl (C=O) groups is 1. The topological polar surface area (TPSA) is 67.6 Å². The van der Waals surface area contributed by atoms with E-state index in [0.29, 0.717) is 23.2 Å². The minimum atomic E-state index is -0.132. The van der Waals surface area contributed by atoms with Crippen molar-refractivity contribution in [3.05, 3.63) is 12.1 Å². The molecule has 1 unspecified atom stereocenters. The number of hydrogen-bond donors (Lipinski definition) is 2. The van der Waals surface area contributed by atoms with Crippen LogP contribution in [0, 0.1) is 0 Å². The summed E-state index contributed by atoms with van der Waals surface area (Å²) in [6.45, 7) is 4.37. The van der Waals surface area contributed by atoms with E-state index in [2.05, 4.69) is 24.1 Å². The predicted octanol–water partition coefficient (Wildman–Crippen LogP) is 2.22. The molecule has 3 N–H and O–H groups in total. The van der Waals surface area contributed by atoms with Crippen molar-refractivity contribution in [3.8, 4) is 5.75 Å². The van der Waals surface area contributed by atoms with Gasteiger partial charge >= 0.3 is 0 Å². The number of anilines is 3. The van der Waals surface area contributed by atoms with Crippen LogP contribution in [0.25, 0.3) is 0 Å². The quantitative estimate of drug-likeness (QED) is 0.817. The highest BCUT2D eigenvalue weighted by Crippen LogP contribution is 2.37. The second kappa shape index (κ2) is 5.38. The number of carbonyl (C=O) groups excluding carboxylic acids is 1. The predicted molar refractivity (Wildman–Crippen MR) is 77.8 cm³/mol. The number of nitrogens with one attached hydrogen (secondary N) is 1. The van der Waals surface area contributed by atoms with Gasteiger partial charge in [0.2, 0.25) is 0 Å². The number of rotatable bonds is 4. The molecule has 1 aliphatic heterocycles. The van der Waals surface area contributed by atoms with Crippen LogP contribution in [-0.2, 0) is 4.79 Å². The second-order valence-electron chi connectivity index (χ2n) is 4.99. The van der Waals surface area contributed by atoms with Crippen LogP contribution in [0.5, 0.6) is 5.75 Å². The summed E-state index contributed by atoms with van der Waals surface area (Å²) < 4.78 is 5.35. The molecule has 19 heavy (non-hydrogen) atoms. The lowest BCUT2D eigenvalue weighted by Gasteiger charge is -2.29. The number of ether oxygens (including phenoxy) is 1. The van der Waals surface area contributed by atoms with Gasteiger partial charge in [0.15, 0.2) is 6.61 Å². The van der Waals surface area contributed by atoms with Crippen molar-refractivity contribution in [1.82, 2.24) is 0 Å². The number of nitrogens with two attached hydrogens (primary N) is 1. The maximum Gasteiger partial charge on any atom is 0.262 e. The van der Waals surface area contributed by atoms with Crippen molar-refractivity contribution < 1.29 is 9.53 Å². The van der Waals surface area contributed by atoms with E-state index in [9.17, 15) is 4.79 Å². The van der Waals surface area contributed by atoms with Crippen LogP contribution in [0.3, 0.4) is 0 Å². The average molecular weight is 263 g/mol. The van der Waals surface area contributed by atoms with E-state index in [0.717, 1.165) is 18.5 Å². The molecule has 0 bridgehead atoms. The Balaban J connectivity index is 2.31. The third-order valence-electron chi connectivity index (χ3n) is 3.51. The highest BCUT2D eigenvalue weighted by Gasteiger charge is 2.20. The zero-order valence-electron chi connectivity index (χ0n) is 11.7. The molecule has 104 valence electrons. The molecule has 0 aliphatic carbocycles. The Bertz CT molecular complexity index is 488. The lowest BCUT2D eigenvalue weighted by Crippen LogP contribution is -2.30. The van der Waals surface area contributed by atoms with Crippen molar-refractivity contribution in [3.63, 3.8) is 0 Å². The number of hydrogen-bond acceptors (Lipinski definition) is 4. The first-order valence-corrected chi connectivity index (χ1v) is 6.62. The second-order valence-corrected chi connectivity index (χ2v) is 4.99. The molecule has 2 rings (SSSR count). The van der Waals surface area contributed by atoms with Gasteiger partial charge in [0.25, 0.3) is 5.91 Å². The van der Waals surface area contributed by atoms with Gasteiger partial charge < -0.3 is 20.7 Å². The van der Waals surface area contributed by atoms with Gasteiger partial charge in [0, 0.05) is 19.2 Å². The van der Waals surface area contributed by atoms with Crippen LogP contribution in [0.4, 0.5) is 17.1 Å². The van der Waals surface area contributed by atoms with Gasteiger partial charge in [-0.15, -0.1) is 0 Å². The third kappa shape index (κ3) is 2.75. The van der Waals surface area contributed by atoms with Gasteiger partial charge in [-0.1, -0.05) is 13.3 Å². The molecule has 0 saturated carbocycles. The number of nitrogen functional groups attached to an aromatic ring is 1. The molecule has 5 nitrogen and oxygen atoms in total. The molecular formula is C14H21N3O2. The molecule has 0 radical (unpaired) electrons. The van der Waals surface area contributed by atoms with E-state index in [1.807, 2.05) is 13.1 Å². The minimum absolute atomic E-state index is 0.0495. The van der Waals surface area contributed by atoms with Gasteiger partial charge in [-0.3, -0.25) is 4.79 Å². The molecular weight excluding hydrogens is 242 g/mol. The van der Waals surface area contributed by atoms with Crippen LogP contribution in [0.15, 0.2) is 12.1 Å². The molecule has 0 aromatic heterocycles. The van der Waals surface area contributed by atoms with Gasteiger partial charge in [0.05, 0.1) is 17.1 Å². The Hall–Kier alpha value is -1.91. The number of benzene rings is 1. The number of fused-ring (bicyclic) bond motifs is 1. The highest BCUT2D eigenvalue weighted by molar-refractivity contribution is 5.97. The molecule has 1 atom stereocenters. The average Bonchev–Trinajstić information content (AvgIpc) is 2.38. The van der Waals surface area contributed by atoms with E-state index < -0.39 is 0 Å². The van der Waals surface area contributed by atoms with E-state index in [1.54, 1.807) is 6.07 Å². The number of nitrogens with zero attached hydrogens (tertiary/aromatic N) is 1. The minimum Gasteiger partial charge on any atom is -0.482 e. The maximum absolute atomic E-state index is 11.3. The SMILES string of the molecule is CCCC(C)N(C)c1cc2c(cc1N)OCC(=O)N2. The lowest BCUT2D eigenvalue weighted by atomic mass is 10.1. The first-order valence-electron chi connectivity index (χ1n) is 6.62. The summed E-state index contributed by atoms with van der Waals surface area (Å²) in [6.07, 6.45) is 2.21. The Morgan fingerprint density at radius 3 is 2.95 bits per heavy atom. The van der Waals surface area contributed by atoms with E-state index >= 15 is 0 Å². The molecule has 0 fully saturated rings. The first-order chi connectivity index (χ1) is 9.02. The zero-order valence-corrected chi connectivity index (χ0v) is 11.7. The van der Waals surface area contributed by atoms with Crippen molar-refractivity contribution in [2.75, 3.05) is 29.6 Å². The van der Waals surface area contributed by atoms with Crippen molar-refractivity contribution >= 4 is 23.0 Å². The van der Waals surface area contributed by atoms with E-state index in [1.165, 1.54) is 0 Å². The summed E-state index contributed by atoms with van der Waals surface area (Å²) in [5.41, 5.74) is 8.36. The van der Waals surface area contributed by atoms with Gasteiger partial charge in [-0.05, 0) is 19.4 Å². The maximum atomic E-state index is 11.3. The summed E-state index contributed by atoms with van der Waals surface area (Å²) in [5.74, 6) is 0.505. The normalized spacial score (nSPS) is 15.2. The Morgan fingerprint density at radius 1 is 1.53 bits per heavy atom. The van der Waals surface area contributed by atoms with Gasteiger partial charge in [0.1, 0.15) is 5.75 Å². The Labute approximate surface area is 113 Å². The first kappa shape index (κ1) is 13.5. The molecule has 5 heteroatoms. The van der Waals surface area contributed by atoms with Crippen molar-refractivity contribution in [1.29, 1.82) is 0 Å². The molecule has 1 amide bonds. The van der Waals surface area contributed by atoms with Gasteiger partial charge in [-0.25, -0.2) is 0 Å². The molecule has 0 saturated heterocycles. The summed E-state index contributed by atoms with van der Waals surface area (Å²) in [4.78, 5) is 13.5. The summed E-state index contributed by atoms with van der Waals surface area (Å²) in [7, 11) is 2.02. The monoisotopic (exact) mass is 263 g/mol. The smallest absolute Gasteiger partial charge is 0.262 e. The highest BCUT2D eigenvalue weighted by atomic mass is 16.5. The zero-order chi connectivity index (χ0) is 14.0. The van der Waals surface area contributed by atoms with E-state index in [4.69, 9.17) is 10.5 Å². The molecule has 1 aliphatic rings. The third-order valence-corrected chi connectivity index (χ3v) is 3.51.